The summed E-state index contributed by atoms with van der Waals surface area (Å²) < 4.78 is 0. The lowest BCUT2D eigenvalue weighted by Gasteiger charge is -1.97. The number of hydrogen-bond donors (Lipinski definition) is 0. The van der Waals surface area contributed by atoms with Crippen molar-refractivity contribution in [2.45, 2.75) is 41.0 Å². The Hall–Kier alpha value is -0.520. The lowest BCUT2D eigenvalue weighted by Crippen LogP contribution is -1.88. The first-order valence-corrected chi connectivity index (χ1v) is 5.31. The Morgan fingerprint density at radius 3 is 2.31 bits per heavy atom. The highest BCUT2D eigenvalue weighted by molar-refractivity contribution is 5.18. The zero-order valence-corrected chi connectivity index (χ0v) is 9.59. The average Bonchev–Trinajstić information content (AvgIpc) is 2.52. The molecule has 0 amide bonds. The van der Waals surface area contributed by atoms with Crippen LogP contribution in [0.3, 0.4) is 0 Å². The van der Waals surface area contributed by atoms with Crippen molar-refractivity contribution in [3.8, 4) is 0 Å². The van der Waals surface area contributed by atoms with Gasteiger partial charge in [0.05, 0.1) is 0 Å². The first-order chi connectivity index (χ1) is 6.00. The Balaban J connectivity index is 2.49. The molecule has 0 aromatic carbocycles. The molecule has 0 heterocycles. The molecule has 0 aromatic heterocycles. The summed E-state index contributed by atoms with van der Waals surface area (Å²) in [5.74, 6) is 1.72. The SMILES string of the molecule is CCC1C(C=CC=C(C)C)C1(C)C. The molecule has 0 nitrogen and oxygen atoms in total. The second kappa shape index (κ2) is 3.69. The summed E-state index contributed by atoms with van der Waals surface area (Å²) in [6.07, 6.45) is 8.11. The highest BCUT2D eigenvalue weighted by Crippen LogP contribution is 2.60. The summed E-state index contributed by atoms with van der Waals surface area (Å²) in [6.45, 7) is 11.3. The van der Waals surface area contributed by atoms with Gasteiger partial charge in [-0.05, 0) is 31.1 Å². The average molecular weight is 178 g/mol. The maximum Gasteiger partial charge on any atom is -0.0143 e. The standard InChI is InChI=1S/C13H22/c1-6-11-12(13(11,4)5)9-7-8-10(2)3/h7-9,11-12H,6H2,1-5H3. The van der Waals surface area contributed by atoms with Crippen molar-refractivity contribution in [3.63, 3.8) is 0 Å². The van der Waals surface area contributed by atoms with Gasteiger partial charge in [-0.25, -0.2) is 0 Å². The van der Waals surface area contributed by atoms with Gasteiger partial charge in [0.15, 0.2) is 0 Å². The van der Waals surface area contributed by atoms with Crippen LogP contribution in [0.1, 0.15) is 41.0 Å². The monoisotopic (exact) mass is 178 g/mol. The minimum absolute atomic E-state index is 0.556. The molecular formula is C13H22. The van der Waals surface area contributed by atoms with Crippen LogP contribution in [0.5, 0.6) is 0 Å². The molecule has 2 unspecified atom stereocenters. The number of allylic oxidation sites excluding steroid dienone is 4. The molecule has 0 aliphatic heterocycles. The second-order valence-electron chi connectivity index (χ2n) is 4.99. The summed E-state index contributed by atoms with van der Waals surface area (Å²) in [7, 11) is 0. The third kappa shape index (κ3) is 2.24. The van der Waals surface area contributed by atoms with Crippen LogP contribution < -0.4 is 0 Å². The Morgan fingerprint density at radius 1 is 1.31 bits per heavy atom. The summed E-state index contributed by atoms with van der Waals surface area (Å²) in [4.78, 5) is 0. The first-order valence-electron chi connectivity index (χ1n) is 5.31. The van der Waals surface area contributed by atoms with E-state index in [0.717, 1.165) is 11.8 Å². The van der Waals surface area contributed by atoms with Crippen LogP contribution in [0.2, 0.25) is 0 Å². The maximum absolute atomic E-state index is 2.38. The molecule has 0 saturated heterocycles. The van der Waals surface area contributed by atoms with Crippen molar-refractivity contribution in [3.05, 3.63) is 23.8 Å². The van der Waals surface area contributed by atoms with Gasteiger partial charge in [0.25, 0.3) is 0 Å². The van der Waals surface area contributed by atoms with E-state index in [1.165, 1.54) is 12.0 Å². The first kappa shape index (κ1) is 10.6. The molecule has 0 spiro atoms. The summed E-state index contributed by atoms with van der Waals surface area (Å²) in [5.41, 5.74) is 1.93. The van der Waals surface area contributed by atoms with Gasteiger partial charge in [0.1, 0.15) is 0 Å². The van der Waals surface area contributed by atoms with E-state index in [4.69, 9.17) is 0 Å². The predicted octanol–water partition coefficient (Wildman–Crippen LogP) is 4.19. The van der Waals surface area contributed by atoms with Crippen LogP contribution in [-0.4, -0.2) is 0 Å². The molecule has 13 heavy (non-hydrogen) atoms. The van der Waals surface area contributed by atoms with Gasteiger partial charge in [0, 0.05) is 0 Å². The van der Waals surface area contributed by atoms with E-state index in [-0.39, 0.29) is 0 Å². The topological polar surface area (TPSA) is 0 Å². The fourth-order valence-corrected chi connectivity index (χ4v) is 2.32. The minimum Gasteiger partial charge on any atom is -0.0806 e. The molecule has 1 fully saturated rings. The van der Waals surface area contributed by atoms with Gasteiger partial charge in [0.2, 0.25) is 0 Å². The van der Waals surface area contributed by atoms with Crippen molar-refractivity contribution in [2.24, 2.45) is 17.3 Å². The smallest absolute Gasteiger partial charge is 0.0143 e. The Kier molecular flexibility index (Phi) is 3.00. The second-order valence-corrected chi connectivity index (χ2v) is 4.99. The molecule has 0 radical (unpaired) electrons. The van der Waals surface area contributed by atoms with E-state index in [0.29, 0.717) is 5.41 Å². The van der Waals surface area contributed by atoms with E-state index >= 15 is 0 Å². The van der Waals surface area contributed by atoms with Crippen molar-refractivity contribution < 1.29 is 0 Å². The lowest BCUT2D eigenvalue weighted by molar-refractivity contribution is 0.543. The van der Waals surface area contributed by atoms with Crippen LogP contribution in [0.15, 0.2) is 23.8 Å². The van der Waals surface area contributed by atoms with Crippen molar-refractivity contribution >= 4 is 0 Å². The molecule has 0 aromatic rings. The van der Waals surface area contributed by atoms with Crippen LogP contribution >= 0.6 is 0 Å². The third-order valence-corrected chi connectivity index (χ3v) is 3.33. The highest BCUT2D eigenvalue weighted by atomic mass is 14.6. The number of rotatable bonds is 3. The molecule has 1 aliphatic rings. The quantitative estimate of drug-likeness (QED) is 0.568. The van der Waals surface area contributed by atoms with Gasteiger partial charge >= 0.3 is 0 Å². The summed E-state index contributed by atoms with van der Waals surface area (Å²) >= 11 is 0. The predicted molar refractivity (Wildman–Crippen MR) is 59.6 cm³/mol. The third-order valence-electron chi connectivity index (χ3n) is 3.33. The van der Waals surface area contributed by atoms with Crippen molar-refractivity contribution in [1.29, 1.82) is 0 Å². The van der Waals surface area contributed by atoms with E-state index in [1.54, 1.807) is 0 Å². The fourth-order valence-electron chi connectivity index (χ4n) is 2.32. The molecule has 74 valence electrons. The van der Waals surface area contributed by atoms with Crippen molar-refractivity contribution in [1.82, 2.24) is 0 Å². The van der Waals surface area contributed by atoms with Gasteiger partial charge < -0.3 is 0 Å². The largest absolute Gasteiger partial charge is 0.0806 e. The summed E-state index contributed by atoms with van der Waals surface area (Å²) in [5, 5.41) is 0. The van der Waals surface area contributed by atoms with Gasteiger partial charge in [-0.2, -0.15) is 0 Å². The van der Waals surface area contributed by atoms with E-state index in [1.807, 2.05) is 0 Å². The van der Waals surface area contributed by atoms with Gasteiger partial charge in [-0.1, -0.05) is 51.0 Å². The van der Waals surface area contributed by atoms with Gasteiger partial charge in [-0.15, -0.1) is 0 Å². The molecule has 1 rings (SSSR count). The van der Waals surface area contributed by atoms with Crippen LogP contribution in [0.4, 0.5) is 0 Å². The Morgan fingerprint density at radius 2 is 1.92 bits per heavy atom. The maximum atomic E-state index is 2.38. The molecule has 0 bridgehead atoms. The van der Waals surface area contributed by atoms with Crippen molar-refractivity contribution in [2.75, 3.05) is 0 Å². The van der Waals surface area contributed by atoms with E-state index < -0.39 is 0 Å². The Labute approximate surface area is 82.7 Å². The molecule has 0 heteroatoms. The highest BCUT2D eigenvalue weighted by Gasteiger charge is 2.54. The summed E-state index contributed by atoms with van der Waals surface area (Å²) in [6, 6.07) is 0. The van der Waals surface area contributed by atoms with Crippen LogP contribution in [0, 0.1) is 17.3 Å². The minimum atomic E-state index is 0.556. The molecule has 0 N–H and O–H groups in total. The normalized spacial score (nSPS) is 30.5. The molecular weight excluding hydrogens is 156 g/mol. The molecule has 1 saturated carbocycles. The van der Waals surface area contributed by atoms with E-state index in [9.17, 15) is 0 Å². The molecule has 1 aliphatic carbocycles. The zero-order chi connectivity index (χ0) is 10.1. The zero-order valence-electron chi connectivity index (χ0n) is 9.59. The van der Waals surface area contributed by atoms with E-state index in [2.05, 4.69) is 52.8 Å². The van der Waals surface area contributed by atoms with Gasteiger partial charge in [-0.3, -0.25) is 0 Å². The van der Waals surface area contributed by atoms with Crippen LogP contribution in [-0.2, 0) is 0 Å². The molecule has 2 atom stereocenters. The number of hydrogen-bond acceptors (Lipinski definition) is 0. The fraction of sp³-hybridized carbons (Fsp3) is 0.692. The lowest BCUT2D eigenvalue weighted by atomic mass is 10.1. The van der Waals surface area contributed by atoms with Crippen LogP contribution in [0.25, 0.3) is 0 Å². The Bertz CT molecular complexity index is 226.